The van der Waals surface area contributed by atoms with Crippen LogP contribution in [-0.2, 0) is 9.78 Å². The average molecular weight is 159 g/mol. The second-order valence-electron chi connectivity index (χ2n) is 0.642. The molecule has 0 saturated heterocycles. The van der Waals surface area contributed by atoms with E-state index in [2.05, 4.69) is 33.0 Å². The largest absolute Gasteiger partial charge is 0.448 e. The maximum Gasteiger partial charge on any atom is 0.448 e. The smallest absolute Gasteiger partial charge is 0.227 e. The number of rotatable bonds is 0. The minimum absolute atomic E-state index is 1.25. The van der Waals surface area contributed by atoms with Crippen molar-refractivity contribution >= 4 is 34.1 Å². The molecule has 0 fully saturated rings. The van der Waals surface area contributed by atoms with Crippen molar-refractivity contribution in [2.24, 2.45) is 0 Å². The van der Waals surface area contributed by atoms with E-state index >= 15 is 0 Å². The van der Waals surface area contributed by atoms with E-state index in [1.165, 1.54) is 0 Å². The third-order valence-corrected chi connectivity index (χ3v) is 0.299. The molecule has 0 aliphatic heterocycles. The molecule has 0 aliphatic rings. The molecule has 8 heavy (non-hydrogen) atoms. The Morgan fingerprint density at radius 3 is 1.38 bits per heavy atom. The van der Waals surface area contributed by atoms with Gasteiger partial charge in [0.05, 0.1) is 0 Å². The first-order chi connectivity index (χ1) is 3.63. The minimum atomic E-state index is -1.25. The van der Waals surface area contributed by atoms with Gasteiger partial charge in [0, 0.05) is 23.2 Å². The molecule has 0 N–H and O–H groups in total. The summed E-state index contributed by atoms with van der Waals surface area (Å²) in [6, 6.07) is 0. The van der Waals surface area contributed by atoms with Crippen molar-refractivity contribution in [2.75, 3.05) is 0 Å². The lowest BCUT2D eigenvalue weighted by molar-refractivity contribution is -0.159. The fraction of sp³-hybridized carbons (Fsp3) is 0. The van der Waals surface area contributed by atoms with E-state index in [0.29, 0.717) is 0 Å². The van der Waals surface area contributed by atoms with Crippen LogP contribution in [0.25, 0.3) is 0 Å². The molecule has 0 unspecified atom stereocenters. The predicted molar refractivity (Wildman–Crippen MR) is 24.7 cm³/mol. The van der Waals surface area contributed by atoms with E-state index in [1.54, 1.807) is 0 Å². The van der Waals surface area contributed by atoms with Crippen LogP contribution < -0.4 is 0 Å². The normalized spacial score (nSPS) is 7.75. The fourth-order valence-electron chi connectivity index (χ4n) is 0.0655. The van der Waals surface area contributed by atoms with Crippen molar-refractivity contribution in [1.29, 1.82) is 0 Å². The lowest BCUT2D eigenvalue weighted by Gasteiger charge is -1.89. The van der Waals surface area contributed by atoms with Gasteiger partial charge < -0.3 is 0 Å². The minimum Gasteiger partial charge on any atom is -0.227 e. The third kappa shape index (κ3) is 5.52. The second kappa shape index (κ2) is 3.51. The van der Waals surface area contributed by atoms with Crippen molar-refractivity contribution < 1.29 is 19.4 Å². The maximum absolute atomic E-state index is 9.56. The Kier molecular flexibility index (Phi) is 3.30. The van der Waals surface area contributed by atoms with Crippen LogP contribution in [0.1, 0.15) is 0 Å². The topological polar surface area (TPSA) is 52.6 Å². The van der Waals surface area contributed by atoms with Gasteiger partial charge in [0.2, 0.25) is 0 Å². The number of carbonyl (C=O) groups excluding carboxylic acids is 2. The summed E-state index contributed by atoms with van der Waals surface area (Å²) in [6.45, 7) is 0. The number of hydrogen-bond acceptors (Lipinski definition) is 4. The molecule has 6 heteroatoms. The molecule has 0 aromatic rings. The Balaban J connectivity index is 3.18. The van der Waals surface area contributed by atoms with Gasteiger partial charge in [0.25, 0.3) is 0 Å². The molecule has 0 aromatic heterocycles. The highest BCUT2D eigenvalue weighted by molar-refractivity contribution is 6.62. The highest BCUT2D eigenvalue weighted by Gasteiger charge is 2.00. The van der Waals surface area contributed by atoms with Crippen molar-refractivity contribution in [3.63, 3.8) is 0 Å². The molecule has 0 spiro atoms. The van der Waals surface area contributed by atoms with E-state index in [4.69, 9.17) is 0 Å². The highest BCUT2D eigenvalue weighted by atomic mass is 35.5. The molecule has 0 aliphatic carbocycles. The van der Waals surface area contributed by atoms with Crippen LogP contribution in [-0.4, -0.2) is 10.9 Å². The van der Waals surface area contributed by atoms with Gasteiger partial charge in [-0.05, 0) is 0 Å². The Labute approximate surface area is 54.2 Å². The summed E-state index contributed by atoms with van der Waals surface area (Å²) in [5, 5.41) is 0. The molecule has 46 valence electrons. The van der Waals surface area contributed by atoms with Crippen LogP contribution in [0.4, 0.5) is 9.59 Å². The zero-order chi connectivity index (χ0) is 6.57. The van der Waals surface area contributed by atoms with Crippen LogP contribution in [0.5, 0.6) is 0 Å². The molecule has 0 saturated carbocycles. The molecular weight excluding hydrogens is 159 g/mol. The van der Waals surface area contributed by atoms with Gasteiger partial charge >= 0.3 is 10.9 Å². The summed E-state index contributed by atoms with van der Waals surface area (Å²) in [4.78, 5) is 26.0. The molecule has 0 heterocycles. The summed E-state index contributed by atoms with van der Waals surface area (Å²) in [5.41, 5.74) is -2.50. The van der Waals surface area contributed by atoms with Gasteiger partial charge in [-0.1, -0.05) is 0 Å². The van der Waals surface area contributed by atoms with Gasteiger partial charge in [0.15, 0.2) is 0 Å². The van der Waals surface area contributed by atoms with Crippen LogP contribution in [0, 0.1) is 0 Å². The molecule has 0 radical (unpaired) electrons. The van der Waals surface area contributed by atoms with Gasteiger partial charge in [-0.25, -0.2) is 19.4 Å². The van der Waals surface area contributed by atoms with Gasteiger partial charge in [-0.3, -0.25) is 0 Å². The van der Waals surface area contributed by atoms with Gasteiger partial charge in [0.1, 0.15) is 0 Å². The Morgan fingerprint density at radius 2 is 1.25 bits per heavy atom. The fourth-order valence-corrected chi connectivity index (χ4v) is 0.129. The molecule has 0 atom stereocenters. The van der Waals surface area contributed by atoms with E-state index < -0.39 is 10.9 Å². The van der Waals surface area contributed by atoms with Crippen LogP contribution in [0.2, 0.25) is 0 Å². The van der Waals surface area contributed by atoms with Crippen LogP contribution in [0.3, 0.4) is 0 Å². The first-order valence-electron chi connectivity index (χ1n) is 1.36. The zero-order valence-corrected chi connectivity index (χ0v) is 4.90. The predicted octanol–water partition coefficient (Wildman–Crippen LogP) is 1.65. The lowest BCUT2D eigenvalue weighted by Crippen LogP contribution is -1.97. The lowest BCUT2D eigenvalue weighted by atomic mass is 11.6. The van der Waals surface area contributed by atoms with E-state index in [1.807, 2.05) is 0 Å². The van der Waals surface area contributed by atoms with Gasteiger partial charge in [-0.2, -0.15) is 0 Å². The van der Waals surface area contributed by atoms with Crippen LogP contribution >= 0.6 is 23.2 Å². The van der Waals surface area contributed by atoms with E-state index in [-0.39, 0.29) is 0 Å². The molecule has 0 amide bonds. The van der Waals surface area contributed by atoms with E-state index in [9.17, 15) is 9.59 Å². The second-order valence-corrected chi connectivity index (χ2v) is 1.26. The van der Waals surface area contributed by atoms with Crippen LogP contribution in [0.15, 0.2) is 0 Å². The van der Waals surface area contributed by atoms with Crippen molar-refractivity contribution in [3.8, 4) is 0 Å². The Morgan fingerprint density at radius 1 is 1.00 bits per heavy atom. The molecular formula is C2Cl2O4. The Bertz CT molecular complexity index is 96.6. The summed E-state index contributed by atoms with van der Waals surface area (Å²) >= 11 is 9.05. The van der Waals surface area contributed by atoms with Gasteiger partial charge in [-0.15, -0.1) is 0 Å². The van der Waals surface area contributed by atoms with E-state index in [0.717, 1.165) is 0 Å². The summed E-state index contributed by atoms with van der Waals surface area (Å²) < 4.78 is 0. The standard InChI is InChI=1S/C2Cl2O4/c3-1(5)7-8-2(4)6. The Hall–Kier alpha value is -0.480. The molecule has 0 aromatic carbocycles. The number of carbonyl (C=O) groups is 2. The maximum atomic E-state index is 9.56. The van der Waals surface area contributed by atoms with Crippen molar-refractivity contribution in [3.05, 3.63) is 0 Å². The monoisotopic (exact) mass is 158 g/mol. The average Bonchev–Trinajstić information content (AvgIpc) is 1.61. The third-order valence-electron chi connectivity index (χ3n) is 0.173. The molecule has 4 nitrogen and oxygen atoms in total. The molecule has 0 rings (SSSR count). The van der Waals surface area contributed by atoms with Crippen molar-refractivity contribution in [1.82, 2.24) is 0 Å². The summed E-state index contributed by atoms with van der Waals surface area (Å²) in [6.07, 6.45) is 0. The number of halogens is 2. The zero-order valence-electron chi connectivity index (χ0n) is 3.39. The first kappa shape index (κ1) is 7.52. The SMILES string of the molecule is O=C(Cl)OOC(=O)Cl. The molecule has 0 bridgehead atoms. The van der Waals surface area contributed by atoms with Crippen molar-refractivity contribution in [2.45, 2.75) is 0 Å². The summed E-state index contributed by atoms with van der Waals surface area (Å²) in [5.74, 6) is 0. The first-order valence-corrected chi connectivity index (χ1v) is 2.12. The summed E-state index contributed by atoms with van der Waals surface area (Å²) in [7, 11) is 0. The highest BCUT2D eigenvalue weighted by Crippen LogP contribution is 1.92. The quantitative estimate of drug-likeness (QED) is 0.306. The number of hydrogen-bond donors (Lipinski definition) is 0.